The number of nitriles is 1. The SMILES string of the molecule is CCOC(=O)CC(=CC#N)c1ccc(OC)cc1. The van der Waals surface area contributed by atoms with Crippen molar-refractivity contribution >= 4 is 11.5 Å². The first-order valence-electron chi connectivity index (χ1n) is 5.60. The molecule has 18 heavy (non-hydrogen) atoms. The summed E-state index contributed by atoms with van der Waals surface area (Å²) in [5, 5.41) is 8.74. The Labute approximate surface area is 106 Å². The molecule has 0 aliphatic heterocycles. The third kappa shape index (κ3) is 3.95. The van der Waals surface area contributed by atoms with Crippen LogP contribution < -0.4 is 4.74 Å². The molecule has 0 saturated carbocycles. The fourth-order valence-corrected chi connectivity index (χ4v) is 1.49. The maximum absolute atomic E-state index is 11.4. The minimum Gasteiger partial charge on any atom is -0.497 e. The number of ether oxygens (including phenoxy) is 2. The second kappa shape index (κ2) is 7.13. The van der Waals surface area contributed by atoms with E-state index in [1.54, 1.807) is 38.3 Å². The zero-order valence-corrected chi connectivity index (χ0v) is 10.5. The van der Waals surface area contributed by atoms with E-state index in [0.29, 0.717) is 12.2 Å². The Morgan fingerprint density at radius 3 is 2.56 bits per heavy atom. The summed E-state index contributed by atoms with van der Waals surface area (Å²) >= 11 is 0. The van der Waals surface area contributed by atoms with Crippen molar-refractivity contribution in [3.05, 3.63) is 35.9 Å². The molecule has 1 aromatic rings. The number of benzene rings is 1. The highest BCUT2D eigenvalue weighted by Crippen LogP contribution is 2.21. The summed E-state index contributed by atoms with van der Waals surface area (Å²) in [6.07, 6.45) is 1.45. The van der Waals surface area contributed by atoms with Gasteiger partial charge in [0.25, 0.3) is 0 Å². The first kappa shape index (κ1) is 13.8. The number of rotatable bonds is 5. The number of carbonyl (C=O) groups is 1. The Hall–Kier alpha value is -2.28. The van der Waals surface area contributed by atoms with Crippen LogP contribution in [0.1, 0.15) is 18.9 Å². The Kier molecular flexibility index (Phi) is 5.46. The number of hydrogen-bond acceptors (Lipinski definition) is 4. The van der Waals surface area contributed by atoms with Crippen molar-refractivity contribution < 1.29 is 14.3 Å². The largest absolute Gasteiger partial charge is 0.497 e. The van der Waals surface area contributed by atoms with Crippen LogP contribution in [0.5, 0.6) is 5.75 Å². The van der Waals surface area contributed by atoms with E-state index in [2.05, 4.69) is 0 Å². The normalized spacial score (nSPS) is 10.6. The van der Waals surface area contributed by atoms with Gasteiger partial charge in [-0.25, -0.2) is 0 Å². The molecule has 0 saturated heterocycles. The van der Waals surface area contributed by atoms with Gasteiger partial charge in [0.1, 0.15) is 5.75 Å². The molecule has 0 heterocycles. The molecule has 0 bridgehead atoms. The highest BCUT2D eigenvalue weighted by Gasteiger charge is 2.09. The lowest BCUT2D eigenvalue weighted by atomic mass is 10.0. The summed E-state index contributed by atoms with van der Waals surface area (Å²) in [5.74, 6) is 0.390. The lowest BCUT2D eigenvalue weighted by Gasteiger charge is -2.07. The minimum atomic E-state index is -0.338. The molecule has 0 unspecified atom stereocenters. The number of carbonyl (C=O) groups excluding carboxylic acids is 1. The van der Waals surface area contributed by atoms with E-state index in [0.717, 1.165) is 11.3 Å². The van der Waals surface area contributed by atoms with E-state index in [-0.39, 0.29) is 12.4 Å². The van der Waals surface area contributed by atoms with E-state index in [1.807, 2.05) is 6.07 Å². The quantitative estimate of drug-likeness (QED) is 0.591. The van der Waals surface area contributed by atoms with Crippen molar-refractivity contribution in [2.45, 2.75) is 13.3 Å². The first-order valence-corrected chi connectivity index (χ1v) is 5.60. The van der Waals surface area contributed by atoms with E-state index in [9.17, 15) is 4.79 Å². The molecule has 94 valence electrons. The lowest BCUT2D eigenvalue weighted by Crippen LogP contribution is -2.04. The molecule has 0 aliphatic rings. The Morgan fingerprint density at radius 1 is 1.39 bits per heavy atom. The van der Waals surface area contributed by atoms with E-state index < -0.39 is 0 Å². The summed E-state index contributed by atoms with van der Waals surface area (Å²) in [6, 6.07) is 9.12. The molecule has 0 atom stereocenters. The Balaban J connectivity index is 2.88. The van der Waals surface area contributed by atoms with Gasteiger partial charge >= 0.3 is 5.97 Å². The number of allylic oxidation sites excluding steroid dienone is 1. The predicted octanol–water partition coefficient (Wildman–Crippen LogP) is 2.56. The molecule has 1 rings (SSSR count). The predicted molar refractivity (Wildman–Crippen MR) is 67.8 cm³/mol. The van der Waals surface area contributed by atoms with Crippen LogP contribution in [0.4, 0.5) is 0 Å². The average molecular weight is 245 g/mol. The third-order valence-corrected chi connectivity index (χ3v) is 2.34. The van der Waals surface area contributed by atoms with Crippen LogP contribution in [-0.4, -0.2) is 19.7 Å². The molecule has 4 nitrogen and oxygen atoms in total. The number of esters is 1. The van der Waals surface area contributed by atoms with Crippen LogP contribution in [0.25, 0.3) is 5.57 Å². The van der Waals surface area contributed by atoms with Gasteiger partial charge in [0.05, 0.1) is 26.2 Å². The van der Waals surface area contributed by atoms with Crippen molar-refractivity contribution in [2.75, 3.05) is 13.7 Å². The third-order valence-electron chi connectivity index (χ3n) is 2.34. The fraction of sp³-hybridized carbons (Fsp3) is 0.286. The molecule has 0 radical (unpaired) electrons. The Morgan fingerprint density at radius 2 is 2.06 bits per heavy atom. The molecule has 0 spiro atoms. The maximum Gasteiger partial charge on any atom is 0.310 e. The summed E-state index contributed by atoms with van der Waals surface area (Å²) in [5.41, 5.74) is 1.45. The molecule has 0 aromatic heterocycles. The van der Waals surface area contributed by atoms with Gasteiger partial charge in [0.15, 0.2) is 0 Å². The molecule has 0 aliphatic carbocycles. The second-order valence-electron chi connectivity index (χ2n) is 3.51. The number of nitrogens with zero attached hydrogens (tertiary/aromatic N) is 1. The van der Waals surface area contributed by atoms with Gasteiger partial charge in [-0.15, -0.1) is 0 Å². The maximum atomic E-state index is 11.4. The van der Waals surface area contributed by atoms with Gasteiger partial charge in [-0.05, 0) is 30.2 Å². The first-order chi connectivity index (χ1) is 8.71. The Bertz CT molecular complexity index is 469. The summed E-state index contributed by atoms with van der Waals surface area (Å²) in [7, 11) is 1.58. The van der Waals surface area contributed by atoms with Crippen molar-refractivity contribution in [3.63, 3.8) is 0 Å². The fourth-order valence-electron chi connectivity index (χ4n) is 1.49. The summed E-state index contributed by atoms with van der Waals surface area (Å²) in [4.78, 5) is 11.4. The van der Waals surface area contributed by atoms with Crippen LogP contribution in [-0.2, 0) is 9.53 Å². The van der Waals surface area contributed by atoms with Crippen molar-refractivity contribution in [1.29, 1.82) is 5.26 Å². The number of methoxy groups -OCH3 is 1. The van der Waals surface area contributed by atoms with Gasteiger partial charge in [-0.1, -0.05) is 12.1 Å². The highest BCUT2D eigenvalue weighted by atomic mass is 16.5. The van der Waals surface area contributed by atoms with Gasteiger partial charge < -0.3 is 9.47 Å². The molecule has 0 amide bonds. The minimum absolute atomic E-state index is 0.0910. The summed E-state index contributed by atoms with van der Waals surface area (Å²) < 4.78 is 9.92. The standard InChI is InChI=1S/C14H15NO3/c1-3-18-14(16)10-12(8-9-15)11-4-6-13(17-2)7-5-11/h4-8H,3,10H2,1-2H3. The summed E-state index contributed by atoms with van der Waals surface area (Å²) in [6.45, 7) is 2.08. The molecule has 4 heteroatoms. The number of hydrogen-bond donors (Lipinski definition) is 0. The van der Waals surface area contributed by atoms with Gasteiger partial charge in [0.2, 0.25) is 0 Å². The van der Waals surface area contributed by atoms with Crippen molar-refractivity contribution in [2.24, 2.45) is 0 Å². The smallest absolute Gasteiger partial charge is 0.310 e. The zero-order chi connectivity index (χ0) is 13.4. The van der Waals surface area contributed by atoms with Crippen LogP contribution in [0.15, 0.2) is 30.3 Å². The lowest BCUT2D eigenvalue weighted by molar-refractivity contribution is -0.141. The molecule has 1 aromatic carbocycles. The van der Waals surface area contributed by atoms with E-state index in [4.69, 9.17) is 14.7 Å². The topological polar surface area (TPSA) is 59.3 Å². The van der Waals surface area contributed by atoms with Crippen LogP contribution >= 0.6 is 0 Å². The van der Waals surface area contributed by atoms with E-state index in [1.165, 1.54) is 6.08 Å². The van der Waals surface area contributed by atoms with Crippen LogP contribution in [0.3, 0.4) is 0 Å². The molecular formula is C14H15NO3. The average Bonchev–Trinajstić information content (AvgIpc) is 2.39. The zero-order valence-electron chi connectivity index (χ0n) is 10.5. The van der Waals surface area contributed by atoms with E-state index >= 15 is 0 Å². The van der Waals surface area contributed by atoms with Crippen LogP contribution in [0.2, 0.25) is 0 Å². The highest BCUT2D eigenvalue weighted by molar-refractivity contribution is 5.86. The van der Waals surface area contributed by atoms with Gasteiger partial charge in [0, 0.05) is 6.08 Å². The molecule has 0 fully saturated rings. The van der Waals surface area contributed by atoms with Gasteiger partial charge in [-0.3, -0.25) is 4.79 Å². The monoisotopic (exact) mass is 245 g/mol. The van der Waals surface area contributed by atoms with Crippen molar-refractivity contribution in [3.8, 4) is 11.8 Å². The van der Waals surface area contributed by atoms with Crippen LogP contribution in [0, 0.1) is 11.3 Å². The second-order valence-corrected chi connectivity index (χ2v) is 3.51. The molecule has 0 N–H and O–H groups in total. The van der Waals surface area contributed by atoms with Gasteiger partial charge in [-0.2, -0.15) is 5.26 Å². The molecular weight excluding hydrogens is 230 g/mol. The van der Waals surface area contributed by atoms with Crippen molar-refractivity contribution in [1.82, 2.24) is 0 Å².